The molecular formula is C11H19Cl2N7. The van der Waals surface area contributed by atoms with E-state index in [2.05, 4.69) is 30.2 Å². The second kappa shape index (κ2) is 6.92. The summed E-state index contributed by atoms with van der Waals surface area (Å²) in [5.41, 5.74) is 1.64. The van der Waals surface area contributed by atoms with E-state index in [1.54, 1.807) is 6.33 Å². The summed E-state index contributed by atoms with van der Waals surface area (Å²) in [4.78, 5) is 20.6. The van der Waals surface area contributed by atoms with Gasteiger partial charge >= 0.3 is 0 Å². The van der Waals surface area contributed by atoms with Gasteiger partial charge in [-0.25, -0.2) is 4.98 Å². The van der Waals surface area contributed by atoms with E-state index in [9.17, 15) is 0 Å². The Labute approximate surface area is 130 Å². The molecule has 0 bridgehead atoms. The number of hydrogen-bond acceptors (Lipinski definition) is 6. The third kappa shape index (κ3) is 3.05. The molecule has 9 heteroatoms. The summed E-state index contributed by atoms with van der Waals surface area (Å²) < 4.78 is 0. The third-order valence-corrected chi connectivity index (χ3v) is 3.07. The molecule has 0 aliphatic carbocycles. The number of anilines is 2. The summed E-state index contributed by atoms with van der Waals surface area (Å²) in [6, 6.07) is 0. The molecule has 0 unspecified atom stereocenters. The molecule has 7 nitrogen and oxygen atoms in total. The summed E-state index contributed by atoms with van der Waals surface area (Å²) in [7, 11) is 3.89. The molecular weight excluding hydrogens is 301 g/mol. The summed E-state index contributed by atoms with van der Waals surface area (Å²) >= 11 is 0. The van der Waals surface area contributed by atoms with E-state index in [0.717, 1.165) is 43.2 Å². The first-order chi connectivity index (χ1) is 8.75. The van der Waals surface area contributed by atoms with Crippen molar-refractivity contribution in [3.63, 3.8) is 0 Å². The van der Waals surface area contributed by atoms with E-state index in [1.807, 2.05) is 19.0 Å². The number of aromatic amines is 1. The lowest BCUT2D eigenvalue weighted by Crippen LogP contribution is -2.44. The highest BCUT2D eigenvalue weighted by molar-refractivity contribution is 5.86. The van der Waals surface area contributed by atoms with Gasteiger partial charge in [-0.15, -0.1) is 24.8 Å². The van der Waals surface area contributed by atoms with Crippen LogP contribution < -0.4 is 15.1 Å². The minimum Gasteiger partial charge on any atom is -0.352 e. The fourth-order valence-electron chi connectivity index (χ4n) is 2.11. The average molecular weight is 320 g/mol. The smallest absolute Gasteiger partial charge is 0.228 e. The number of hydrogen-bond donors (Lipinski definition) is 2. The van der Waals surface area contributed by atoms with Crippen LogP contribution in [0.15, 0.2) is 6.33 Å². The van der Waals surface area contributed by atoms with Gasteiger partial charge in [0.05, 0.1) is 6.33 Å². The predicted octanol–water partition coefficient (Wildman–Crippen LogP) is 0.672. The maximum absolute atomic E-state index is 4.63. The van der Waals surface area contributed by atoms with Crippen LogP contribution in [0.4, 0.5) is 11.8 Å². The Kier molecular flexibility index (Phi) is 5.79. The monoisotopic (exact) mass is 319 g/mol. The summed E-state index contributed by atoms with van der Waals surface area (Å²) in [5, 5.41) is 3.34. The van der Waals surface area contributed by atoms with Crippen LogP contribution in [0.25, 0.3) is 11.2 Å². The molecule has 0 atom stereocenters. The van der Waals surface area contributed by atoms with Crippen LogP contribution >= 0.6 is 24.8 Å². The standard InChI is InChI=1S/C11H17N7.2ClH/c1-17(2)11-15-9-8(13-7-14-9)10(16-11)18-5-3-12-4-6-18;;/h7,12H,3-6H2,1-2H3,(H,13,14,15,16);2*1H. The van der Waals surface area contributed by atoms with Crippen LogP contribution in [0.1, 0.15) is 0 Å². The maximum atomic E-state index is 4.63. The van der Waals surface area contributed by atoms with Crippen molar-refractivity contribution in [3.05, 3.63) is 6.33 Å². The van der Waals surface area contributed by atoms with Gasteiger partial charge in [-0.3, -0.25) is 0 Å². The van der Waals surface area contributed by atoms with Gasteiger partial charge in [-0.05, 0) is 0 Å². The van der Waals surface area contributed by atoms with E-state index in [4.69, 9.17) is 0 Å². The fourth-order valence-corrected chi connectivity index (χ4v) is 2.11. The zero-order valence-corrected chi connectivity index (χ0v) is 13.1. The molecule has 3 rings (SSSR count). The first-order valence-electron chi connectivity index (χ1n) is 6.10. The van der Waals surface area contributed by atoms with Crippen molar-refractivity contribution in [2.75, 3.05) is 50.1 Å². The second-order valence-corrected chi connectivity index (χ2v) is 4.58. The molecule has 1 aliphatic rings. The van der Waals surface area contributed by atoms with E-state index >= 15 is 0 Å². The fraction of sp³-hybridized carbons (Fsp3) is 0.545. The van der Waals surface area contributed by atoms with Crippen LogP contribution in [-0.4, -0.2) is 60.2 Å². The van der Waals surface area contributed by atoms with Crippen molar-refractivity contribution in [1.29, 1.82) is 0 Å². The maximum Gasteiger partial charge on any atom is 0.228 e. The Morgan fingerprint density at radius 1 is 1.15 bits per heavy atom. The largest absolute Gasteiger partial charge is 0.352 e. The Morgan fingerprint density at radius 2 is 1.85 bits per heavy atom. The first kappa shape index (κ1) is 16.7. The van der Waals surface area contributed by atoms with Gasteiger partial charge in [-0.2, -0.15) is 9.97 Å². The predicted molar refractivity (Wildman–Crippen MR) is 85.6 cm³/mol. The number of H-pyrrole nitrogens is 1. The molecule has 3 heterocycles. The molecule has 0 amide bonds. The van der Waals surface area contributed by atoms with Crippen LogP contribution in [0.3, 0.4) is 0 Å². The van der Waals surface area contributed by atoms with Gasteiger partial charge in [0.2, 0.25) is 5.95 Å². The summed E-state index contributed by atoms with van der Waals surface area (Å²) in [6.45, 7) is 3.86. The molecule has 1 saturated heterocycles. The number of nitrogens with zero attached hydrogens (tertiary/aromatic N) is 5. The van der Waals surface area contributed by atoms with Gasteiger partial charge in [-0.1, -0.05) is 0 Å². The molecule has 0 aromatic carbocycles. The number of fused-ring (bicyclic) bond motifs is 1. The van der Waals surface area contributed by atoms with E-state index in [0.29, 0.717) is 5.95 Å². The molecule has 1 fully saturated rings. The van der Waals surface area contributed by atoms with Crippen molar-refractivity contribution in [2.24, 2.45) is 0 Å². The number of halogens is 2. The van der Waals surface area contributed by atoms with Gasteiger partial charge in [0.15, 0.2) is 17.0 Å². The van der Waals surface area contributed by atoms with Crippen molar-refractivity contribution in [2.45, 2.75) is 0 Å². The lowest BCUT2D eigenvalue weighted by molar-refractivity contribution is 0.586. The van der Waals surface area contributed by atoms with E-state index in [-0.39, 0.29) is 24.8 Å². The molecule has 2 aromatic heterocycles. The van der Waals surface area contributed by atoms with Crippen molar-refractivity contribution < 1.29 is 0 Å². The Hall–Kier alpha value is -1.31. The normalized spacial score (nSPS) is 14.6. The molecule has 112 valence electrons. The van der Waals surface area contributed by atoms with Crippen molar-refractivity contribution in [1.82, 2.24) is 25.3 Å². The third-order valence-electron chi connectivity index (χ3n) is 3.07. The Bertz CT molecular complexity index is 551. The minimum absolute atomic E-state index is 0. The summed E-state index contributed by atoms with van der Waals surface area (Å²) in [6.07, 6.45) is 1.67. The minimum atomic E-state index is 0. The van der Waals surface area contributed by atoms with Gasteiger partial charge in [0.1, 0.15) is 0 Å². The van der Waals surface area contributed by atoms with Crippen molar-refractivity contribution in [3.8, 4) is 0 Å². The number of nitrogens with one attached hydrogen (secondary N) is 2. The molecule has 0 spiro atoms. The zero-order valence-electron chi connectivity index (χ0n) is 11.5. The Balaban J connectivity index is 0.000001000. The lowest BCUT2D eigenvalue weighted by Gasteiger charge is -2.28. The first-order valence-corrected chi connectivity index (χ1v) is 6.10. The number of rotatable bonds is 2. The van der Waals surface area contributed by atoms with Crippen LogP contribution in [0.2, 0.25) is 0 Å². The molecule has 1 aliphatic heterocycles. The molecule has 2 aromatic rings. The molecule has 2 N–H and O–H groups in total. The molecule has 0 saturated carbocycles. The highest BCUT2D eigenvalue weighted by Crippen LogP contribution is 2.23. The second-order valence-electron chi connectivity index (χ2n) is 4.58. The molecule has 0 radical (unpaired) electrons. The van der Waals surface area contributed by atoms with Crippen molar-refractivity contribution >= 4 is 47.7 Å². The topological polar surface area (TPSA) is 73.0 Å². The quantitative estimate of drug-likeness (QED) is 0.847. The van der Waals surface area contributed by atoms with Crippen LogP contribution in [0.5, 0.6) is 0 Å². The highest BCUT2D eigenvalue weighted by atomic mass is 35.5. The SMILES string of the molecule is CN(C)c1nc(N2CCNCC2)c2nc[nH]c2n1.Cl.Cl. The summed E-state index contributed by atoms with van der Waals surface area (Å²) in [5.74, 6) is 1.63. The van der Waals surface area contributed by atoms with E-state index < -0.39 is 0 Å². The lowest BCUT2D eigenvalue weighted by atomic mass is 10.3. The van der Waals surface area contributed by atoms with E-state index in [1.165, 1.54) is 0 Å². The highest BCUT2D eigenvalue weighted by Gasteiger charge is 2.18. The number of piperazine rings is 1. The number of imidazole rings is 1. The number of aromatic nitrogens is 4. The Morgan fingerprint density at radius 3 is 2.50 bits per heavy atom. The van der Waals surface area contributed by atoms with Crippen LogP contribution in [0, 0.1) is 0 Å². The molecule has 20 heavy (non-hydrogen) atoms. The van der Waals surface area contributed by atoms with Crippen LogP contribution in [-0.2, 0) is 0 Å². The average Bonchev–Trinajstić information content (AvgIpc) is 2.86. The van der Waals surface area contributed by atoms with Gasteiger partial charge in [0.25, 0.3) is 0 Å². The zero-order chi connectivity index (χ0) is 12.5. The van der Waals surface area contributed by atoms with Gasteiger partial charge in [0, 0.05) is 40.3 Å². The van der Waals surface area contributed by atoms with Gasteiger partial charge < -0.3 is 20.1 Å².